The molecule has 4 heteroatoms. The molecule has 2 rings (SSSR count). The fraction of sp³-hybridized carbons (Fsp3) is 0.769. The molecule has 0 bridgehead atoms. The van der Waals surface area contributed by atoms with Crippen LogP contribution in [-0.4, -0.2) is 28.5 Å². The van der Waals surface area contributed by atoms with Gasteiger partial charge in [-0.15, -0.1) is 0 Å². The summed E-state index contributed by atoms with van der Waals surface area (Å²) in [5.41, 5.74) is 7.37. The fourth-order valence-corrected chi connectivity index (χ4v) is 2.42. The predicted octanol–water partition coefficient (Wildman–Crippen LogP) is 1.64. The maximum Gasteiger partial charge on any atom is 0.0575 e. The summed E-state index contributed by atoms with van der Waals surface area (Å²) < 4.78 is 7.54. The first-order chi connectivity index (χ1) is 8.24. The van der Waals surface area contributed by atoms with Crippen LogP contribution in [-0.2, 0) is 18.2 Å². The summed E-state index contributed by atoms with van der Waals surface area (Å²) in [5.74, 6) is 0. The molecular formula is C13H23N3O. The van der Waals surface area contributed by atoms with Gasteiger partial charge in [0, 0.05) is 25.9 Å². The van der Waals surface area contributed by atoms with E-state index in [0.29, 0.717) is 6.10 Å². The van der Waals surface area contributed by atoms with Gasteiger partial charge in [-0.05, 0) is 44.1 Å². The van der Waals surface area contributed by atoms with Crippen LogP contribution < -0.4 is 5.73 Å². The lowest BCUT2D eigenvalue weighted by Crippen LogP contribution is -2.26. The average Bonchev–Trinajstić information content (AvgIpc) is 2.73. The number of aromatic nitrogens is 2. The minimum absolute atomic E-state index is 0.227. The molecule has 0 aromatic carbocycles. The zero-order chi connectivity index (χ0) is 12.1. The largest absolute Gasteiger partial charge is 0.378 e. The van der Waals surface area contributed by atoms with E-state index in [0.717, 1.165) is 25.9 Å². The third-order valence-corrected chi connectivity index (χ3v) is 3.39. The lowest BCUT2D eigenvalue weighted by molar-refractivity contribution is 0.00915. The van der Waals surface area contributed by atoms with Gasteiger partial charge in [0.2, 0.25) is 0 Å². The van der Waals surface area contributed by atoms with Crippen LogP contribution >= 0.6 is 0 Å². The van der Waals surface area contributed by atoms with Gasteiger partial charge in [-0.1, -0.05) is 0 Å². The summed E-state index contributed by atoms with van der Waals surface area (Å²) in [5, 5.41) is 4.16. The number of aryl methyl sites for hydroxylation is 1. The van der Waals surface area contributed by atoms with Gasteiger partial charge >= 0.3 is 0 Å². The van der Waals surface area contributed by atoms with Crippen molar-refractivity contribution >= 4 is 0 Å². The van der Waals surface area contributed by atoms with E-state index in [2.05, 4.69) is 5.10 Å². The normalized spacial score (nSPS) is 22.6. The van der Waals surface area contributed by atoms with Gasteiger partial charge in [0.05, 0.1) is 12.3 Å². The van der Waals surface area contributed by atoms with Gasteiger partial charge in [0.25, 0.3) is 0 Å². The summed E-state index contributed by atoms with van der Waals surface area (Å²) in [7, 11) is 1.94. The molecule has 1 aromatic rings. The Balaban J connectivity index is 1.68. The van der Waals surface area contributed by atoms with Gasteiger partial charge in [0.1, 0.15) is 0 Å². The van der Waals surface area contributed by atoms with Crippen molar-refractivity contribution in [3.63, 3.8) is 0 Å². The van der Waals surface area contributed by atoms with Crippen LogP contribution in [0.25, 0.3) is 0 Å². The minimum Gasteiger partial charge on any atom is -0.378 e. The first-order valence-corrected chi connectivity index (χ1v) is 6.59. The SMILES string of the molecule is Cn1cc(CC(N)CCC2CCCCO2)cn1. The van der Waals surface area contributed by atoms with Crippen molar-refractivity contribution in [2.75, 3.05) is 6.61 Å². The molecule has 17 heavy (non-hydrogen) atoms. The van der Waals surface area contributed by atoms with Crippen molar-refractivity contribution in [2.45, 2.75) is 50.7 Å². The Kier molecular flexibility index (Phi) is 4.57. The van der Waals surface area contributed by atoms with Crippen molar-refractivity contribution < 1.29 is 4.74 Å². The number of rotatable bonds is 5. The van der Waals surface area contributed by atoms with Gasteiger partial charge in [-0.25, -0.2) is 0 Å². The topological polar surface area (TPSA) is 53.1 Å². The maximum absolute atomic E-state index is 6.14. The second-order valence-corrected chi connectivity index (χ2v) is 5.05. The van der Waals surface area contributed by atoms with E-state index in [1.54, 1.807) is 0 Å². The highest BCUT2D eigenvalue weighted by molar-refractivity contribution is 5.05. The van der Waals surface area contributed by atoms with E-state index in [9.17, 15) is 0 Å². The predicted molar refractivity (Wildman–Crippen MR) is 67.7 cm³/mol. The molecule has 0 saturated carbocycles. The van der Waals surface area contributed by atoms with E-state index in [1.807, 2.05) is 24.1 Å². The fourth-order valence-electron chi connectivity index (χ4n) is 2.42. The molecule has 1 aliphatic rings. The lowest BCUT2D eigenvalue weighted by atomic mass is 9.99. The zero-order valence-electron chi connectivity index (χ0n) is 10.6. The van der Waals surface area contributed by atoms with Crippen molar-refractivity contribution in [3.05, 3.63) is 18.0 Å². The molecule has 2 atom stereocenters. The van der Waals surface area contributed by atoms with Crippen LogP contribution in [0.5, 0.6) is 0 Å². The van der Waals surface area contributed by atoms with Gasteiger partial charge in [0.15, 0.2) is 0 Å². The van der Waals surface area contributed by atoms with E-state index in [-0.39, 0.29) is 6.04 Å². The Labute approximate surface area is 103 Å². The number of hydrogen-bond acceptors (Lipinski definition) is 3. The number of ether oxygens (including phenoxy) is 1. The number of nitrogens with two attached hydrogens (primary N) is 1. The van der Waals surface area contributed by atoms with Crippen LogP contribution in [0, 0.1) is 0 Å². The standard InChI is InChI=1S/C13H23N3O/c1-16-10-11(9-15-16)8-12(14)5-6-13-4-2-3-7-17-13/h9-10,12-13H,2-8,14H2,1H3. The van der Waals surface area contributed by atoms with Crippen LogP contribution in [0.1, 0.15) is 37.7 Å². The van der Waals surface area contributed by atoms with E-state index >= 15 is 0 Å². The third kappa shape index (κ3) is 4.13. The molecule has 1 aliphatic heterocycles. The van der Waals surface area contributed by atoms with Crippen molar-refractivity contribution in [2.24, 2.45) is 12.8 Å². The second kappa shape index (κ2) is 6.17. The van der Waals surface area contributed by atoms with Crippen molar-refractivity contribution in [3.8, 4) is 0 Å². The molecule has 0 spiro atoms. The zero-order valence-corrected chi connectivity index (χ0v) is 10.6. The van der Waals surface area contributed by atoms with E-state index in [1.165, 1.54) is 24.8 Å². The lowest BCUT2D eigenvalue weighted by Gasteiger charge is -2.23. The summed E-state index contributed by atoms with van der Waals surface area (Å²) in [6, 6.07) is 0.227. The highest BCUT2D eigenvalue weighted by Crippen LogP contribution is 2.18. The van der Waals surface area contributed by atoms with Crippen LogP contribution in [0.4, 0.5) is 0 Å². The third-order valence-electron chi connectivity index (χ3n) is 3.39. The summed E-state index contributed by atoms with van der Waals surface area (Å²) in [6.07, 6.45) is 11.2. The molecule has 2 unspecified atom stereocenters. The second-order valence-electron chi connectivity index (χ2n) is 5.05. The van der Waals surface area contributed by atoms with Crippen molar-refractivity contribution in [1.82, 2.24) is 9.78 Å². The smallest absolute Gasteiger partial charge is 0.0575 e. The minimum atomic E-state index is 0.227. The molecule has 0 aliphatic carbocycles. The molecule has 96 valence electrons. The molecule has 2 N–H and O–H groups in total. The van der Waals surface area contributed by atoms with Crippen LogP contribution in [0.15, 0.2) is 12.4 Å². The first-order valence-electron chi connectivity index (χ1n) is 6.59. The van der Waals surface area contributed by atoms with E-state index in [4.69, 9.17) is 10.5 Å². The van der Waals surface area contributed by atoms with Gasteiger partial charge < -0.3 is 10.5 Å². The van der Waals surface area contributed by atoms with Crippen LogP contribution in [0.3, 0.4) is 0 Å². The highest BCUT2D eigenvalue weighted by atomic mass is 16.5. The first kappa shape index (κ1) is 12.6. The molecule has 4 nitrogen and oxygen atoms in total. The Morgan fingerprint density at radius 1 is 1.59 bits per heavy atom. The van der Waals surface area contributed by atoms with E-state index < -0.39 is 0 Å². The summed E-state index contributed by atoms with van der Waals surface area (Å²) >= 11 is 0. The summed E-state index contributed by atoms with van der Waals surface area (Å²) in [4.78, 5) is 0. The Hall–Kier alpha value is -0.870. The van der Waals surface area contributed by atoms with Crippen molar-refractivity contribution in [1.29, 1.82) is 0 Å². The average molecular weight is 237 g/mol. The maximum atomic E-state index is 6.14. The van der Waals surface area contributed by atoms with Crippen LogP contribution in [0.2, 0.25) is 0 Å². The number of hydrogen-bond donors (Lipinski definition) is 1. The van der Waals surface area contributed by atoms with Gasteiger partial charge in [-0.2, -0.15) is 5.10 Å². The highest BCUT2D eigenvalue weighted by Gasteiger charge is 2.15. The molecule has 1 aromatic heterocycles. The molecule has 1 saturated heterocycles. The molecule has 0 amide bonds. The quantitative estimate of drug-likeness (QED) is 0.847. The Morgan fingerprint density at radius 3 is 3.12 bits per heavy atom. The monoisotopic (exact) mass is 237 g/mol. The number of nitrogens with zero attached hydrogens (tertiary/aromatic N) is 2. The Morgan fingerprint density at radius 2 is 2.47 bits per heavy atom. The Bertz CT molecular complexity index is 331. The molecular weight excluding hydrogens is 214 g/mol. The summed E-state index contributed by atoms with van der Waals surface area (Å²) in [6.45, 7) is 0.933. The molecule has 1 fully saturated rings. The molecule has 2 heterocycles. The van der Waals surface area contributed by atoms with Gasteiger partial charge in [-0.3, -0.25) is 4.68 Å². The molecule has 0 radical (unpaired) electrons.